The van der Waals surface area contributed by atoms with E-state index < -0.39 is 5.82 Å². The molecule has 3 aromatic heterocycles. The smallest absolute Gasteiger partial charge is 0.319 e. The topological polar surface area (TPSA) is 109 Å². The van der Waals surface area contributed by atoms with Crippen LogP contribution >= 0.6 is 11.3 Å². The van der Waals surface area contributed by atoms with Gasteiger partial charge in [-0.05, 0) is 29.8 Å². The molecule has 192 valence electrons. The lowest BCUT2D eigenvalue weighted by Crippen LogP contribution is -2.57. The first-order chi connectivity index (χ1) is 18.1. The molecule has 0 saturated carbocycles. The van der Waals surface area contributed by atoms with Crippen molar-refractivity contribution in [2.75, 3.05) is 38.7 Å². The van der Waals surface area contributed by atoms with E-state index in [9.17, 15) is 9.18 Å². The highest BCUT2D eigenvalue weighted by molar-refractivity contribution is 7.22. The van der Waals surface area contributed by atoms with Gasteiger partial charge in [0, 0.05) is 63.5 Å². The molecule has 4 N–H and O–H groups in total. The summed E-state index contributed by atoms with van der Waals surface area (Å²) in [5.41, 5.74) is 2.99. The first kappa shape index (κ1) is 25.0. The number of methoxy groups -OCH3 is 1. The summed E-state index contributed by atoms with van der Waals surface area (Å²) in [5.74, 6) is -0.0312. The number of nitrogens with one attached hydrogen (secondary N) is 4. The minimum atomic E-state index is -0.582. The lowest BCUT2D eigenvalue weighted by molar-refractivity contribution is 0.199. The maximum Gasteiger partial charge on any atom is 0.319 e. The Morgan fingerprint density at radius 3 is 2.78 bits per heavy atom. The van der Waals surface area contributed by atoms with Gasteiger partial charge in [0.1, 0.15) is 5.75 Å². The molecule has 0 aliphatic carbocycles. The van der Waals surface area contributed by atoms with Crippen LogP contribution in [0.25, 0.3) is 20.8 Å². The van der Waals surface area contributed by atoms with E-state index >= 15 is 0 Å². The second-order valence-electron chi connectivity index (χ2n) is 8.56. The number of benzene rings is 1. The second kappa shape index (κ2) is 11.6. The minimum absolute atomic E-state index is 0.0556. The van der Waals surface area contributed by atoms with Crippen LogP contribution in [0.1, 0.15) is 5.56 Å². The van der Waals surface area contributed by atoms with E-state index in [-0.39, 0.29) is 17.8 Å². The largest absolute Gasteiger partial charge is 0.453 e. The van der Waals surface area contributed by atoms with E-state index in [1.165, 1.54) is 23.5 Å². The number of hydrogen-bond acceptors (Lipinski definition) is 8. The molecule has 0 spiro atoms. The normalized spacial score (nSPS) is 13.4. The molecule has 0 radical (unpaired) electrons. The summed E-state index contributed by atoms with van der Waals surface area (Å²) in [6.07, 6.45) is 3.47. The van der Waals surface area contributed by atoms with Crippen LogP contribution in [0, 0.1) is 5.82 Å². The van der Waals surface area contributed by atoms with Crippen LogP contribution in [0.2, 0.25) is 0 Å². The Bertz CT molecular complexity index is 1380. The lowest BCUT2D eigenvalue weighted by Gasteiger charge is -2.27. The summed E-state index contributed by atoms with van der Waals surface area (Å²) >= 11 is 1.48. The maximum atomic E-state index is 14.8. The molecular formula is C26H27FN6O3S. The molecule has 0 bridgehead atoms. The maximum absolute atomic E-state index is 14.8. The summed E-state index contributed by atoms with van der Waals surface area (Å²) in [4.78, 5) is 22.0. The fraction of sp³-hybridized carbons (Fsp3) is 0.269. The zero-order valence-corrected chi connectivity index (χ0v) is 21.0. The van der Waals surface area contributed by atoms with Gasteiger partial charge in [0.2, 0.25) is 0 Å². The number of aromatic nitrogens is 2. The van der Waals surface area contributed by atoms with Gasteiger partial charge in [-0.3, -0.25) is 9.97 Å². The number of anilines is 1. The van der Waals surface area contributed by atoms with E-state index in [1.54, 1.807) is 25.4 Å². The van der Waals surface area contributed by atoms with E-state index in [4.69, 9.17) is 9.47 Å². The number of urea groups is 1. The first-order valence-electron chi connectivity index (χ1n) is 11.9. The highest BCUT2D eigenvalue weighted by Gasteiger charge is 2.19. The molecule has 1 saturated heterocycles. The average Bonchev–Trinajstić information content (AvgIpc) is 3.32. The third-order valence-corrected chi connectivity index (χ3v) is 6.95. The van der Waals surface area contributed by atoms with Crippen molar-refractivity contribution in [2.24, 2.45) is 0 Å². The van der Waals surface area contributed by atoms with Crippen molar-refractivity contribution in [3.63, 3.8) is 0 Å². The van der Waals surface area contributed by atoms with Crippen LogP contribution in [0.15, 0.2) is 54.9 Å². The number of ether oxygens (including phenoxy) is 2. The Morgan fingerprint density at radius 2 is 2.05 bits per heavy atom. The zero-order chi connectivity index (χ0) is 25.6. The fourth-order valence-corrected chi connectivity index (χ4v) is 4.77. The number of thiophene rings is 1. The van der Waals surface area contributed by atoms with Gasteiger partial charge in [0.15, 0.2) is 11.6 Å². The Hall–Kier alpha value is -3.64. The zero-order valence-electron chi connectivity index (χ0n) is 20.2. The Labute approximate surface area is 217 Å². The van der Waals surface area contributed by atoms with Gasteiger partial charge < -0.3 is 30.7 Å². The van der Waals surface area contributed by atoms with Crippen molar-refractivity contribution in [1.29, 1.82) is 0 Å². The molecule has 2 amide bonds. The van der Waals surface area contributed by atoms with Crippen LogP contribution in [0.4, 0.5) is 14.9 Å². The molecule has 0 atom stereocenters. The van der Waals surface area contributed by atoms with E-state index in [0.29, 0.717) is 24.6 Å². The van der Waals surface area contributed by atoms with Gasteiger partial charge in [-0.1, -0.05) is 6.07 Å². The predicted octanol–water partition coefficient (Wildman–Crippen LogP) is 4.12. The Kier molecular flexibility index (Phi) is 7.85. The quantitative estimate of drug-likeness (QED) is 0.232. The molecule has 4 aromatic rings. The van der Waals surface area contributed by atoms with E-state index in [0.717, 1.165) is 46.0 Å². The fourth-order valence-electron chi connectivity index (χ4n) is 3.73. The molecule has 5 rings (SSSR count). The minimum Gasteiger partial charge on any atom is -0.453 e. The molecule has 1 aliphatic rings. The van der Waals surface area contributed by atoms with Crippen molar-refractivity contribution in [3.05, 3.63) is 66.2 Å². The number of carbonyl (C=O) groups excluding carboxylic acids is 1. The number of pyridine rings is 2. The van der Waals surface area contributed by atoms with Crippen molar-refractivity contribution < 1.29 is 18.7 Å². The highest BCUT2D eigenvalue weighted by Crippen LogP contribution is 2.39. The van der Waals surface area contributed by atoms with Crippen LogP contribution in [0.3, 0.4) is 0 Å². The van der Waals surface area contributed by atoms with Crippen LogP contribution in [-0.2, 0) is 11.3 Å². The molecular weight excluding hydrogens is 495 g/mol. The number of carbonyl (C=O) groups is 1. The SMILES string of the molecule is COCCNCc1ccc(-c2cc3nccc(Oc4ccc(NC(=O)NC5CNC5)cc4F)c3s2)nc1. The van der Waals surface area contributed by atoms with Gasteiger partial charge >= 0.3 is 6.03 Å². The second-order valence-corrected chi connectivity index (χ2v) is 9.61. The van der Waals surface area contributed by atoms with Gasteiger partial charge in [-0.2, -0.15) is 0 Å². The molecule has 0 unspecified atom stereocenters. The Morgan fingerprint density at radius 1 is 1.16 bits per heavy atom. The third-order valence-electron chi connectivity index (χ3n) is 5.79. The van der Waals surface area contributed by atoms with Crippen molar-refractivity contribution >= 4 is 33.3 Å². The van der Waals surface area contributed by atoms with Crippen molar-refractivity contribution in [3.8, 4) is 22.1 Å². The van der Waals surface area contributed by atoms with Crippen molar-refractivity contribution in [1.82, 2.24) is 25.9 Å². The van der Waals surface area contributed by atoms with Gasteiger partial charge in [-0.15, -0.1) is 11.3 Å². The standard InChI is InChI=1S/C26H27FN6O3S/c1-35-9-8-28-12-16-2-4-20(31-13-16)24-11-21-25(37-24)23(6-7-30-21)36-22-5-3-17(10-19(22)27)32-26(34)33-18-14-29-15-18/h2-7,10-11,13,18,28-29H,8-9,12,14-15H2,1H3,(H2,32,33,34). The molecule has 1 fully saturated rings. The van der Waals surface area contributed by atoms with Crippen LogP contribution in [0.5, 0.6) is 11.5 Å². The lowest BCUT2D eigenvalue weighted by atomic mass is 10.2. The monoisotopic (exact) mass is 522 g/mol. The molecule has 1 aromatic carbocycles. The van der Waals surface area contributed by atoms with Gasteiger partial charge in [0.25, 0.3) is 0 Å². The number of hydrogen-bond donors (Lipinski definition) is 4. The number of nitrogens with zero attached hydrogens (tertiary/aromatic N) is 2. The summed E-state index contributed by atoms with van der Waals surface area (Å²) in [6, 6.07) is 11.7. The average molecular weight is 523 g/mol. The number of amides is 2. The summed E-state index contributed by atoms with van der Waals surface area (Å²) in [6.45, 7) is 3.61. The Balaban J connectivity index is 1.27. The highest BCUT2D eigenvalue weighted by atomic mass is 32.1. The first-order valence-corrected chi connectivity index (χ1v) is 12.7. The number of halogens is 1. The molecule has 11 heteroatoms. The summed E-state index contributed by atoms with van der Waals surface area (Å²) in [7, 11) is 1.68. The van der Waals surface area contributed by atoms with Gasteiger partial charge in [0.05, 0.1) is 33.4 Å². The molecule has 37 heavy (non-hydrogen) atoms. The molecule has 4 heterocycles. The number of rotatable bonds is 10. The summed E-state index contributed by atoms with van der Waals surface area (Å²) < 4.78 is 26.6. The predicted molar refractivity (Wildman–Crippen MR) is 142 cm³/mol. The van der Waals surface area contributed by atoms with E-state index in [2.05, 4.69) is 31.2 Å². The molecule has 9 nitrogen and oxygen atoms in total. The molecule has 1 aliphatic heterocycles. The van der Waals surface area contributed by atoms with Gasteiger partial charge in [-0.25, -0.2) is 9.18 Å². The van der Waals surface area contributed by atoms with Crippen molar-refractivity contribution in [2.45, 2.75) is 12.6 Å². The summed E-state index contributed by atoms with van der Waals surface area (Å²) in [5, 5.41) is 11.8. The van der Waals surface area contributed by atoms with Crippen LogP contribution < -0.4 is 26.0 Å². The third kappa shape index (κ3) is 6.20. The van der Waals surface area contributed by atoms with Crippen LogP contribution in [-0.4, -0.2) is 55.4 Å². The van der Waals surface area contributed by atoms with E-state index in [1.807, 2.05) is 24.4 Å². The number of fused-ring (bicyclic) bond motifs is 1.